The van der Waals surface area contributed by atoms with E-state index in [0.717, 1.165) is 11.3 Å². The predicted molar refractivity (Wildman–Crippen MR) is 147 cm³/mol. The molecule has 1 heterocycles. The molecular weight excluding hydrogens is 507 g/mol. The Labute approximate surface area is 226 Å². The van der Waals surface area contributed by atoms with Crippen LogP contribution in [0.5, 0.6) is 0 Å². The molecule has 1 aliphatic heterocycles. The van der Waals surface area contributed by atoms with Crippen molar-refractivity contribution in [3.8, 4) is 0 Å². The monoisotopic (exact) mass is 536 g/mol. The van der Waals surface area contributed by atoms with Crippen LogP contribution in [0.3, 0.4) is 0 Å². The zero-order valence-electron chi connectivity index (χ0n) is 21.3. The third kappa shape index (κ3) is 6.22. The van der Waals surface area contributed by atoms with Gasteiger partial charge in [0.25, 0.3) is 0 Å². The second kappa shape index (κ2) is 11.4. The quantitative estimate of drug-likeness (QED) is 0.312. The van der Waals surface area contributed by atoms with Crippen LogP contribution in [0.15, 0.2) is 66.7 Å². The fourth-order valence-corrected chi connectivity index (χ4v) is 4.70. The van der Waals surface area contributed by atoms with Gasteiger partial charge in [0.1, 0.15) is 5.82 Å². The molecule has 0 radical (unpaired) electrons. The summed E-state index contributed by atoms with van der Waals surface area (Å²) in [6.07, 6.45) is 1.07. The van der Waals surface area contributed by atoms with Gasteiger partial charge in [0.15, 0.2) is 5.78 Å². The number of fused-ring (bicyclic) bond motifs is 1. The van der Waals surface area contributed by atoms with Crippen LogP contribution >= 0.6 is 11.6 Å². The van der Waals surface area contributed by atoms with Gasteiger partial charge < -0.3 is 15.3 Å². The largest absolute Gasteiger partial charge is 0.481 e. The normalized spacial score (nSPS) is 15.1. The van der Waals surface area contributed by atoms with Gasteiger partial charge in [-0.05, 0) is 80.6 Å². The number of aliphatic carboxylic acids is 1. The molecule has 3 aromatic rings. The number of Topliss-reactive ketones (excluding diaryl/α,β-unsaturated/α-hetero) is 1. The Morgan fingerprint density at radius 3 is 2.47 bits per heavy atom. The number of aryl methyl sites for hydroxylation is 1. The molecule has 6 nitrogen and oxygen atoms in total. The van der Waals surface area contributed by atoms with E-state index in [9.17, 15) is 23.9 Å². The standard InChI is InChI=1S/C30H30ClFN2O4/c1-30(2,29(37)38)15-13-19-7-8-20(17-25(19)32)27(35)18-34-16-14-24(23-5-3-4-6-26(23)34)28(36)33-22-11-9-21(31)10-12-22/h3-12,17,24H,13-16,18H2,1-2H3,(H,33,36)(H,37,38). The number of rotatable bonds is 9. The Hall–Kier alpha value is -3.71. The Kier molecular flexibility index (Phi) is 8.17. The molecule has 1 amide bonds. The Balaban J connectivity index is 1.45. The van der Waals surface area contributed by atoms with Crippen LogP contribution in [0.4, 0.5) is 15.8 Å². The minimum absolute atomic E-state index is 0.0490. The molecule has 0 aliphatic carbocycles. The van der Waals surface area contributed by atoms with Crippen molar-refractivity contribution < 1.29 is 23.9 Å². The van der Waals surface area contributed by atoms with E-state index in [-0.39, 0.29) is 42.6 Å². The molecule has 0 saturated carbocycles. The SMILES string of the molecule is CC(C)(CCc1ccc(C(=O)CN2CCC(C(=O)Nc3ccc(Cl)cc3)c3ccccc32)cc1F)C(=O)O. The highest BCUT2D eigenvalue weighted by molar-refractivity contribution is 6.30. The van der Waals surface area contributed by atoms with E-state index >= 15 is 0 Å². The number of halogens is 2. The summed E-state index contributed by atoms with van der Waals surface area (Å²) in [6.45, 7) is 3.75. The van der Waals surface area contributed by atoms with Crippen molar-refractivity contribution in [2.45, 2.75) is 39.0 Å². The van der Waals surface area contributed by atoms with Crippen molar-refractivity contribution in [2.75, 3.05) is 23.3 Å². The number of carbonyl (C=O) groups is 3. The zero-order chi connectivity index (χ0) is 27.4. The summed E-state index contributed by atoms with van der Waals surface area (Å²) < 4.78 is 14.8. The molecule has 38 heavy (non-hydrogen) atoms. The molecule has 2 N–H and O–H groups in total. The van der Waals surface area contributed by atoms with Crippen LogP contribution in [-0.4, -0.2) is 35.9 Å². The van der Waals surface area contributed by atoms with Gasteiger partial charge in [0.05, 0.1) is 17.9 Å². The maximum Gasteiger partial charge on any atom is 0.309 e. The lowest BCUT2D eigenvalue weighted by Gasteiger charge is -2.34. The molecule has 0 spiro atoms. The molecular formula is C30H30ClFN2O4. The smallest absolute Gasteiger partial charge is 0.309 e. The van der Waals surface area contributed by atoms with Crippen LogP contribution in [-0.2, 0) is 16.0 Å². The Bertz CT molecular complexity index is 1360. The van der Waals surface area contributed by atoms with Gasteiger partial charge in [-0.15, -0.1) is 0 Å². The van der Waals surface area contributed by atoms with E-state index in [0.29, 0.717) is 29.2 Å². The molecule has 4 rings (SSSR count). The average molecular weight is 537 g/mol. The van der Waals surface area contributed by atoms with Crippen molar-refractivity contribution in [2.24, 2.45) is 5.41 Å². The van der Waals surface area contributed by atoms with Crippen LogP contribution in [0, 0.1) is 11.2 Å². The van der Waals surface area contributed by atoms with Crippen molar-refractivity contribution in [1.29, 1.82) is 0 Å². The summed E-state index contributed by atoms with van der Waals surface area (Å²) in [7, 11) is 0. The van der Waals surface area contributed by atoms with Gasteiger partial charge in [0.2, 0.25) is 5.91 Å². The molecule has 0 saturated heterocycles. The highest BCUT2D eigenvalue weighted by Crippen LogP contribution is 2.36. The molecule has 1 unspecified atom stereocenters. The first-order valence-electron chi connectivity index (χ1n) is 12.5. The first-order valence-corrected chi connectivity index (χ1v) is 12.9. The molecule has 0 bridgehead atoms. The number of ketones is 1. The summed E-state index contributed by atoms with van der Waals surface area (Å²) in [5.74, 6) is -2.19. The summed E-state index contributed by atoms with van der Waals surface area (Å²) in [5.41, 5.74) is 1.97. The number of nitrogens with one attached hydrogen (secondary N) is 1. The number of para-hydroxylation sites is 1. The average Bonchev–Trinajstić information content (AvgIpc) is 2.89. The lowest BCUT2D eigenvalue weighted by molar-refractivity contribution is -0.147. The van der Waals surface area contributed by atoms with Crippen LogP contribution < -0.4 is 10.2 Å². The molecule has 0 aromatic heterocycles. The van der Waals surface area contributed by atoms with Gasteiger partial charge in [-0.2, -0.15) is 0 Å². The van der Waals surface area contributed by atoms with Crippen molar-refractivity contribution in [3.05, 3.63) is 94.3 Å². The summed E-state index contributed by atoms with van der Waals surface area (Å²) in [5, 5.41) is 12.8. The molecule has 1 aliphatic rings. The molecule has 0 fully saturated rings. The van der Waals surface area contributed by atoms with Gasteiger partial charge in [0, 0.05) is 28.5 Å². The number of carbonyl (C=O) groups excluding carboxylic acids is 2. The maximum absolute atomic E-state index is 14.8. The Morgan fingerprint density at radius 1 is 1.08 bits per heavy atom. The highest BCUT2D eigenvalue weighted by atomic mass is 35.5. The number of nitrogens with zero attached hydrogens (tertiary/aromatic N) is 1. The molecule has 1 atom stereocenters. The number of benzene rings is 3. The fourth-order valence-electron chi connectivity index (χ4n) is 4.57. The van der Waals surface area contributed by atoms with Gasteiger partial charge >= 0.3 is 5.97 Å². The second-order valence-corrected chi connectivity index (χ2v) is 10.7. The van der Waals surface area contributed by atoms with E-state index in [4.69, 9.17) is 11.6 Å². The minimum atomic E-state index is -0.966. The number of carboxylic acid groups (broad SMARTS) is 1. The van der Waals surface area contributed by atoms with Gasteiger partial charge in [-0.25, -0.2) is 4.39 Å². The fraction of sp³-hybridized carbons (Fsp3) is 0.300. The zero-order valence-corrected chi connectivity index (χ0v) is 22.1. The minimum Gasteiger partial charge on any atom is -0.481 e. The van der Waals surface area contributed by atoms with Crippen molar-refractivity contribution in [1.82, 2.24) is 0 Å². The highest BCUT2D eigenvalue weighted by Gasteiger charge is 2.31. The second-order valence-electron chi connectivity index (χ2n) is 10.2. The van der Waals surface area contributed by atoms with E-state index in [1.54, 1.807) is 50.2 Å². The van der Waals surface area contributed by atoms with Crippen LogP contribution in [0.2, 0.25) is 5.02 Å². The molecule has 8 heteroatoms. The molecule has 198 valence electrons. The maximum atomic E-state index is 14.8. The lowest BCUT2D eigenvalue weighted by atomic mass is 9.86. The number of carboxylic acids is 1. The van der Waals surface area contributed by atoms with Crippen LogP contribution in [0.1, 0.15) is 54.1 Å². The first kappa shape index (κ1) is 27.3. The topological polar surface area (TPSA) is 86.7 Å². The summed E-state index contributed by atoms with van der Waals surface area (Å²) in [4.78, 5) is 39.4. The Morgan fingerprint density at radius 2 is 1.79 bits per heavy atom. The number of hydrogen-bond acceptors (Lipinski definition) is 4. The van der Waals surface area contributed by atoms with E-state index in [1.165, 1.54) is 6.07 Å². The predicted octanol–water partition coefficient (Wildman–Crippen LogP) is 6.34. The third-order valence-corrected chi connectivity index (χ3v) is 7.33. The van der Waals surface area contributed by atoms with Gasteiger partial charge in [-0.1, -0.05) is 41.9 Å². The van der Waals surface area contributed by atoms with Crippen molar-refractivity contribution >= 4 is 40.6 Å². The summed E-state index contributed by atoms with van der Waals surface area (Å²) >= 11 is 5.94. The van der Waals surface area contributed by atoms with E-state index < -0.39 is 17.2 Å². The van der Waals surface area contributed by atoms with Gasteiger partial charge in [-0.3, -0.25) is 14.4 Å². The van der Waals surface area contributed by atoms with Crippen molar-refractivity contribution in [3.63, 3.8) is 0 Å². The first-order chi connectivity index (χ1) is 18.0. The van der Waals surface area contributed by atoms with E-state index in [1.807, 2.05) is 29.2 Å². The number of anilines is 2. The third-order valence-electron chi connectivity index (χ3n) is 7.08. The number of amides is 1. The molecule has 3 aromatic carbocycles. The van der Waals surface area contributed by atoms with Crippen LogP contribution in [0.25, 0.3) is 0 Å². The lowest BCUT2D eigenvalue weighted by Crippen LogP contribution is -2.38. The van der Waals surface area contributed by atoms with E-state index in [2.05, 4.69) is 5.32 Å². The summed E-state index contributed by atoms with van der Waals surface area (Å²) in [6, 6.07) is 18.8. The number of hydrogen-bond donors (Lipinski definition) is 2.